The number of hydrogen-bond donors (Lipinski definition) is 0. The van der Waals surface area contributed by atoms with Gasteiger partial charge in [-0.1, -0.05) is 13.8 Å². The fourth-order valence-electron chi connectivity index (χ4n) is 1.42. The lowest BCUT2D eigenvalue weighted by molar-refractivity contribution is -0.153. The Morgan fingerprint density at radius 1 is 1.20 bits per heavy atom. The van der Waals surface area contributed by atoms with Gasteiger partial charge >= 0.3 is 11.9 Å². The molecule has 0 radical (unpaired) electrons. The molecule has 0 heterocycles. The number of hydrogen-bond acceptors (Lipinski definition) is 4. The molecule has 0 saturated carbocycles. The Hall–Kier alpha value is -1.06. The zero-order valence-corrected chi connectivity index (χ0v) is 9.91. The molecule has 0 rings (SSSR count). The highest BCUT2D eigenvalue weighted by Gasteiger charge is 2.25. The van der Waals surface area contributed by atoms with Crippen molar-refractivity contribution in [2.75, 3.05) is 13.2 Å². The van der Waals surface area contributed by atoms with Gasteiger partial charge in [-0.3, -0.25) is 9.59 Å². The molecule has 0 aromatic carbocycles. The van der Waals surface area contributed by atoms with Gasteiger partial charge in [-0.25, -0.2) is 0 Å². The van der Waals surface area contributed by atoms with E-state index in [-0.39, 0.29) is 30.4 Å². The van der Waals surface area contributed by atoms with Crippen molar-refractivity contribution in [3.05, 3.63) is 0 Å². The third-order valence-corrected chi connectivity index (χ3v) is 2.27. The topological polar surface area (TPSA) is 52.6 Å². The maximum absolute atomic E-state index is 11.5. The summed E-state index contributed by atoms with van der Waals surface area (Å²) >= 11 is 0. The maximum atomic E-state index is 11.5. The second-order valence-corrected chi connectivity index (χ2v) is 3.55. The van der Waals surface area contributed by atoms with E-state index in [2.05, 4.69) is 0 Å². The molecule has 2 atom stereocenters. The van der Waals surface area contributed by atoms with E-state index in [1.54, 1.807) is 6.92 Å². The lowest BCUT2D eigenvalue weighted by atomic mass is 9.92. The second-order valence-electron chi connectivity index (χ2n) is 3.55. The van der Waals surface area contributed by atoms with Crippen LogP contribution in [0.4, 0.5) is 0 Å². The number of carbonyl (C=O) groups excluding carboxylic acids is 2. The van der Waals surface area contributed by atoms with E-state index in [4.69, 9.17) is 9.47 Å². The van der Waals surface area contributed by atoms with Gasteiger partial charge in [0.05, 0.1) is 19.1 Å². The summed E-state index contributed by atoms with van der Waals surface area (Å²) in [6, 6.07) is 0. The summed E-state index contributed by atoms with van der Waals surface area (Å²) in [6.07, 6.45) is 0.696. The van der Waals surface area contributed by atoms with Gasteiger partial charge in [-0.15, -0.1) is 0 Å². The van der Waals surface area contributed by atoms with E-state index in [1.165, 1.54) is 6.92 Å². The summed E-state index contributed by atoms with van der Waals surface area (Å²) in [5, 5.41) is 0. The first-order chi connectivity index (χ1) is 7.02. The van der Waals surface area contributed by atoms with Crippen molar-refractivity contribution in [3.8, 4) is 0 Å². The SMILES string of the molecule is CCOC(=O)C(CC)C(C)COC(C)=O. The molecule has 0 bridgehead atoms. The zero-order chi connectivity index (χ0) is 11.8. The Kier molecular flexibility index (Phi) is 6.75. The van der Waals surface area contributed by atoms with E-state index in [1.807, 2.05) is 13.8 Å². The van der Waals surface area contributed by atoms with Crippen molar-refractivity contribution in [2.45, 2.75) is 34.1 Å². The summed E-state index contributed by atoms with van der Waals surface area (Å²) < 4.78 is 9.81. The minimum Gasteiger partial charge on any atom is -0.466 e. The Morgan fingerprint density at radius 2 is 1.80 bits per heavy atom. The third kappa shape index (κ3) is 5.40. The number of esters is 2. The summed E-state index contributed by atoms with van der Waals surface area (Å²) in [6.45, 7) is 7.60. The molecule has 0 amide bonds. The largest absolute Gasteiger partial charge is 0.466 e. The number of carbonyl (C=O) groups is 2. The highest BCUT2D eigenvalue weighted by atomic mass is 16.5. The second kappa shape index (κ2) is 7.26. The molecule has 0 aliphatic heterocycles. The number of rotatable bonds is 6. The highest BCUT2D eigenvalue weighted by Crippen LogP contribution is 2.17. The van der Waals surface area contributed by atoms with Gasteiger partial charge in [0.25, 0.3) is 0 Å². The van der Waals surface area contributed by atoms with Crippen LogP contribution in [0.15, 0.2) is 0 Å². The summed E-state index contributed by atoms with van der Waals surface area (Å²) in [7, 11) is 0. The first-order valence-electron chi connectivity index (χ1n) is 5.32. The molecule has 0 fully saturated rings. The Balaban J connectivity index is 4.14. The molecule has 2 unspecified atom stereocenters. The van der Waals surface area contributed by atoms with Crippen LogP contribution in [0.2, 0.25) is 0 Å². The molecular weight excluding hydrogens is 196 g/mol. The van der Waals surface area contributed by atoms with Crippen LogP contribution in [-0.4, -0.2) is 25.2 Å². The normalized spacial score (nSPS) is 14.1. The predicted octanol–water partition coefficient (Wildman–Crippen LogP) is 1.77. The van der Waals surface area contributed by atoms with Crippen molar-refractivity contribution in [3.63, 3.8) is 0 Å². The standard InChI is InChI=1S/C11H20O4/c1-5-10(11(13)14-6-2)8(3)7-15-9(4)12/h8,10H,5-7H2,1-4H3. The average Bonchev–Trinajstić information content (AvgIpc) is 2.16. The average molecular weight is 216 g/mol. The van der Waals surface area contributed by atoms with Crippen LogP contribution in [0.25, 0.3) is 0 Å². The van der Waals surface area contributed by atoms with Crippen molar-refractivity contribution >= 4 is 11.9 Å². The zero-order valence-electron chi connectivity index (χ0n) is 9.91. The highest BCUT2D eigenvalue weighted by molar-refractivity contribution is 5.72. The van der Waals surface area contributed by atoms with Gasteiger partial charge in [-0.2, -0.15) is 0 Å². The molecule has 0 saturated heterocycles. The summed E-state index contributed by atoms with van der Waals surface area (Å²) in [4.78, 5) is 22.1. The van der Waals surface area contributed by atoms with E-state index >= 15 is 0 Å². The smallest absolute Gasteiger partial charge is 0.309 e. The Morgan fingerprint density at radius 3 is 2.20 bits per heavy atom. The number of ether oxygens (including phenoxy) is 2. The lowest BCUT2D eigenvalue weighted by Crippen LogP contribution is -2.27. The molecule has 0 aromatic heterocycles. The Labute approximate surface area is 90.9 Å². The van der Waals surface area contributed by atoms with Gasteiger partial charge in [0.2, 0.25) is 0 Å². The lowest BCUT2D eigenvalue weighted by Gasteiger charge is -2.20. The van der Waals surface area contributed by atoms with Gasteiger partial charge < -0.3 is 9.47 Å². The molecule has 0 aliphatic carbocycles. The first kappa shape index (κ1) is 13.9. The van der Waals surface area contributed by atoms with E-state index in [0.29, 0.717) is 13.0 Å². The molecule has 4 heteroatoms. The maximum Gasteiger partial charge on any atom is 0.309 e. The van der Waals surface area contributed by atoms with Gasteiger partial charge in [0, 0.05) is 12.8 Å². The van der Waals surface area contributed by atoms with Crippen molar-refractivity contribution in [1.82, 2.24) is 0 Å². The van der Waals surface area contributed by atoms with Crippen LogP contribution in [-0.2, 0) is 19.1 Å². The summed E-state index contributed by atoms with van der Waals surface area (Å²) in [5.41, 5.74) is 0. The van der Waals surface area contributed by atoms with Crippen LogP contribution < -0.4 is 0 Å². The van der Waals surface area contributed by atoms with Crippen LogP contribution in [0, 0.1) is 11.8 Å². The Bertz CT molecular complexity index is 213. The minimum absolute atomic E-state index is 0.00190. The monoisotopic (exact) mass is 216 g/mol. The molecular formula is C11H20O4. The first-order valence-corrected chi connectivity index (χ1v) is 5.32. The third-order valence-electron chi connectivity index (χ3n) is 2.27. The van der Waals surface area contributed by atoms with E-state index in [9.17, 15) is 9.59 Å². The molecule has 0 aliphatic rings. The van der Waals surface area contributed by atoms with Crippen LogP contribution in [0.3, 0.4) is 0 Å². The van der Waals surface area contributed by atoms with E-state index < -0.39 is 0 Å². The molecule has 15 heavy (non-hydrogen) atoms. The van der Waals surface area contributed by atoms with Gasteiger partial charge in [-0.05, 0) is 13.3 Å². The quantitative estimate of drug-likeness (QED) is 0.635. The molecule has 0 N–H and O–H groups in total. The van der Waals surface area contributed by atoms with Gasteiger partial charge in [0.1, 0.15) is 0 Å². The molecule has 0 spiro atoms. The van der Waals surface area contributed by atoms with E-state index in [0.717, 1.165) is 0 Å². The fraction of sp³-hybridized carbons (Fsp3) is 0.818. The fourth-order valence-corrected chi connectivity index (χ4v) is 1.42. The van der Waals surface area contributed by atoms with Crippen molar-refractivity contribution in [1.29, 1.82) is 0 Å². The van der Waals surface area contributed by atoms with Crippen molar-refractivity contribution < 1.29 is 19.1 Å². The molecule has 0 aromatic rings. The van der Waals surface area contributed by atoms with Crippen LogP contribution in [0.1, 0.15) is 34.1 Å². The molecule has 88 valence electrons. The van der Waals surface area contributed by atoms with Crippen molar-refractivity contribution in [2.24, 2.45) is 11.8 Å². The summed E-state index contributed by atoms with van der Waals surface area (Å²) in [5.74, 6) is -0.720. The van der Waals surface area contributed by atoms with Crippen LogP contribution in [0.5, 0.6) is 0 Å². The molecule has 4 nitrogen and oxygen atoms in total. The predicted molar refractivity (Wildman–Crippen MR) is 56.2 cm³/mol. The van der Waals surface area contributed by atoms with Crippen LogP contribution >= 0.6 is 0 Å². The minimum atomic E-state index is -0.319. The van der Waals surface area contributed by atoms with Gasteiger partial charge in [0.15, 0.2) is 0 Å².